The summed E-state index contributed by atoms with van der Waals surface area (Å²) in [5, 5.41) is 18.3. The first-order chi connectivity index (χ1) is 7.91. The molecule has 0 fully saturated rings. The van der Waals surface area contributed by atoms with E-state index in [9.17, 15) is 14.7 Å². The summed E-state index contributed by atoms with van der Waals surface area (Å²) in [4.78, 5) is 22.4. The van der Waals surface area contributed by atoms with Crippen molar-refractivity contribution in [2.75, 3.05) is 5.88 Å². The number of hydrogen-bond acceptors (Lipinski definition) is 2. The Labute approximate surface area is 105 Å². The lowest BCUT2D eigenvalue weighted by molar-refractivity contribution is -0.146. The molecular formula is C12H15ClO4. The minimum absolute atomic E-state index is 0.0197. The van der Waals surface area contributed by atoms with Crippen LogP contribution in [0, 0.1) is 5.41 Å². The van der Waals surface area contributed by atoms with Crippen molar-refractivity contribution in [2.45, 2.75) is 26.2 Å². The van der Waals surface area contributed by atoms with Gasteiger partial charge in [0.05, 0.1) is 5.41 Å². The van der Waals surface area contributed by atoms with Gasteiger partial charge in [0.25, 0.3) is 0 Å². The average molecular weight is 259 g/mol. The van der Waals surface area contributed by atoms with E-state index in [1.807, 2.05) is 0 Å². The largest absolute Gasteiger partial charge is 0.481 e. The normalized spacial score (nSPS) is 23.9. The molecule has 0 heterocycles. The number of carbonyl (C=O) groups is 2. The van der Waals surface area contributed by atoms with Gasteiger partial charge in [-0.05, 0) is 32.3 Å². The molecule has 2 N–H and O–H groups in total. The summed E-state index contributed by atoms with van der Waals surface area (Å²) in [7, 11) is 0. The van der Waals surface area contributed by atoms with Crippen molar-refractivity contribution in [3.63, 3.8) is 0 Å². The second-order valence-electron chi connectivity index (χ2n) is 4.29. The molecule has 17 heavy (non-hydrogen) atoms. The first-order valence-corrected chi connectivity index (χ1v) is 5.87. The zero-order chi connectivity index (χ0) is 13.1. The molecule has 1 aliphatic rings. The number of aliphatic carboxylic acids is 2. The Hall–Kier alpha value is -1.29. The molecule has 1 unspecified atom stereocenters. The van der Waals surface area contributed by atoms with Crippen LogP contribution in [-0.4, -0.2) is 28.0 Å². The van der Waals surface area contributed by atoms with Gasteiger partial charge in [-0.3, -0.25) is 4.79 Å². The molecule has 0 amide bonds. The number of hydrogen-bond donors (Lipinski definition) is 2. The number of allylic oxidation sites excluding steroid dienone is 2. The molecule has 0 saturated heterocycles. The fourth-order valence-electron chi connectivity index (χ4n) is 2.12. The van der Waals surface area contributed by atoms with Crippen LogP contribution in [0.4, 0.5) is 0 Å². The zero-order valence-corrected chi connectivity index (χ0v) is 10.3. The lowest BCUT2D eigenvalue weighted by Gasteiger charge is -2.29. The van der Waals surface area contributed by atoms with Gasteiger partial charge in [0.2, 0.25) is 0 Å². The third kappa shape index (κ3) is 3.09. The van der Waals surface area contributed by atoms with Crippen molar-refractivity contribution in [1.29, 1.82) is 0 Å². The van der Waals surface area contributed by atoms with E-state index in [-0.39, 0.29) is 12.0 Å². The van der Waals surface area contributed by atoms with Crippen LogP contribution in [0.25, 0.3) is 0 Å². The maximum Gasteiger partial charge on any atom is 0.331 e. The second-order valence-corrected chi connectivity index (χ2v) is 4.67. The molecular weight excluding hydrogens is 244 g/mol. The fourth-order valence-corrected chi connectivity index (χ4v) is 2.25. The highest BCUT2D eigenvalue weighted by Gasteiger charge is 2.39. The summed E-state index contributed by atoms with van der Waals surface area (Å²) in [6, 6.07) is 0. The van der Waals surface area contributed by atoms with Crippen LogP contribution >= 0.6 is 11.6 Å². The SMILES string of the molecule is CC1=CC(CCCCl)(C(=O)O)CC(C(=O)O)=C1. The number of halogens is 1. The highest BCUT2D eigenvalue weighted by molar-refractivity contribution is 6.17. The summed E-state index contributed by atoms with van der Waals surface area (Å²) >= 11 is 5.58. The Kier molecular flexibility index (Phi) is 4.34. The number of carboxylic acids is 2. The summed E-state index contributed by atoms with van der Waals surface area (Å²) in [5.41, 5.74) is -0.311. The second kappa shape index (κ2) is 5.36. The quantitative estimate of drug-likeness (QED) is 0.743. The molecule has 94 valence electrons. The van der Waals surface area contributed by atoms with Crippen molar-refractivity contribution in [1.82, 2.24) is 0 Å². The number of alkyl halides is 1. The lowest BCUT2D eigenvalue weighted by atomic mass is 9.73. The molecule has 5 heteroatoms. The molecule has 0 aromatic carbocycles. The molecule has 0 aromatic rings. The predicted octanol–water partition coefficient (Wildman–Crippen LogP) is 2.44. The molecule has 0 aliphatic heterocycles. The Bertz CT molecular complexity index is 397. The first-order valence-electron chi connectivity index (χ1n) is 5.34. The van der Waals surface area contributed by atoms with E-state index < -0.39 is 17.4 Å². The maximum absolute atomic E-state index is 11.4. The zero-order valence-electron chi connectivity index (χ0n) is 9.57. The van der Waals surface area contributed by atoms with Crippen LogP contribution in [0.15, 0.2) is 23.3 Å². The highest BCUT2D eigenvalue weighted by atomic mass is 35.5. The van der Waals surface area contributed by atoms with Gasteiger partial charge in [0.1, 0.15) is 0 Å². The van der Waals surface area contributed by atoms with Gasteiger partial charge in [-0.15, -0.1) is 11.6 Å². The molecule has 0 radical (unpaired) electrons. The third-order valence-electron chi connectivity index (χ3n) is 2.87. The van der Waals surface area contributed by atoms with Crippen molar-refractivity contribution in [2.24, 2.45) is 5.41 Å². The maximum atomic E-state index is 11.4. The van der Waals surface area contributed by atoms with Crippen LogP contribution in [0.1, 0.15) is 26.2 Å². The van der Waals surface area contributed by atoms with E-state index in [2.05, 4.69) is 0 Å². The third-order valence-corrected chi connectivity index (χ3v) is 3.14. The summed E-state index contributed by atoms with van der Waals surface area (Å²) in [6.07, 6.45) is 4.07. The van der Waals surface area contributed by atoms with Crippen molar-refractivity contribution < 1.29 is 19.8 Å². The van der Waals surface area contributed by atoms with E-state index in [1.165, 1.54) is 6.08 Å². The van der Waals surface area contributed by atoms with Crippen molar-refractivity contribution in [3.05, 3.63) is 23.3 Å². The van der Waals surface area contributed by atoms with E-state index in [0.717, 1.165) is 0 Å². The predicted molar refractivity (Wildman–Crippen MR) is 64.1 cm³/mol. The lowest BCUT2D eigenvalue weighted by Crippen LogP contribution is -2.33. The fraction of sp³-hybridized carbons (Fsp3) is 0.500. The van der Waals surface area contributed by atoms with E-state index >= 15 is 0 Å². The van der Waals surface area contributed by atoms with Crippen LogP contribution in [0.5, 0.6) is 0 Å². The molecule has 1 atom stereocenters. The summed E-state index contributed by atoms with van der Waals surface area (Å²) < 4.78 is 0. The van der Waals surface area contributed by atoms with Gasteiger partial charge in [-0.1, -0.05) is 11.6 Å². The Morgan fingerprint density at radius 3 is 2.59 bits per heavy atom. The Morgan fingerprint density at radius 2 is 2.12 bits per heavy atom. The Morgan fingerprint density at radius 1 is 1.47 bits per heavy atom. The number of carboxylic acid groups (broad SMARTS) is 2. The average Bonchev–Trinajstić information content (AvgIpc) is 2.25. The summed E-state index contributed by atoms with van der Waals surface area (Å²) in [5.74, 6) is -1.68. The van der Waals surface area contributed by atoms with E-state index in [0.29, 0.717) is 24.3 Å². The minimum atomic E-state index is -1.12. The number of rotatable bonds is 5. The van der Waals surface area contributed by atoms with Crippen LogP contribution in [0.3, 0.4) is 0 Å². The monoisotopic (exact) mass is 258 g/mol. The molecule has 4 nitrogen and oxygen atoms in total. The molecule has 0 saturated carbocycles. The van der Waals surface area contributed by atoms with Crippen molar-refractivity contribution in [3.8, 4) is 0 Å². The van der Waals surface area contributed by atoms with Gasteiger partial charge >= 0.3 is 11.9 Å². The molecule has 0 spiro atoms. The summed E-state index contributed by atoms with van der Waals surface area (Å²) in [6.45, 7) is 1.71. The first kappa shape index (κ1) is 13.8. The van der Waals surface area contributed by atoms with Gasteiger partial charge < -0.3 is 10.2 Å². The van der Waals surface area contributed by atoms with Gasteiger partial charge in [0.15, 0.2) is 0 Å². The van der Waals surface area contributed by atoms with Crippen molar-refractivity contribution >= 4 is 23.5 Å². The minimum Gasteiger partial charge on any atom is -0.481 e. The van der Waals surface area contributed by atoms with Gasteiger partial charge in [-0.2, -0.15) is 0 Å². The standard InChI is InChI=1S/C12H15ClO4/c1-8-5-9(10(14)15)7-12(6-8,11(16)17)3-2-4-13/h5-6H,2-4,7H2,1H3,(H,14,15)(H,16,17). The molecule has 1 aliphatic carbocycles. The van der Waals surface area contributed by atoms with Crippen LogP contribution in [-0.2, 0) is 9.59 Å². The molecule has 1 rings (SSSR count). The smallest absolute Gasteiger partial charge is 0.331 e. The topological polar surface area (TPSA) is 74.6 Å². The van der Waals surface area contributed by atoms with Gasteiger partial charge in [0, 0.05) is 11.5 Å². The van der Waals surface area contributed by atoms with E-state index in [4.69, 9.17) is 16.7 Å². The van der Waals surface area contributed by atoms with E-state index in [1.54, 1.807) is 13.0 Å². The van der Waals surface area contributed by atoms with Gasteiger partial charge in [-0.25, -0.2) is 4.79 Å². The van der Waals surface area contributed by atoms with Crippen LogP contribution in [0.2, 0.25) is 0 Å². The molecule has 0 bridgehead atoms. The highest BCUT2D eigenvalue weighted by Crippen LogP contribution is 2.38. The van der Waals surface area contributed by atoms with Crippen LogP contribution < -0.4 is 0 Å². The Balaban J connectivity index is 3.05. The molecule has 0 aromatic heterocycles.